The Labute approximate surface area is 162 Å². The molecule has 0 aromatic heterocycles. The summed E-state index contributed by atoms with van der Waals surface area (Å²) in [6, 6.07) is 2.36. The third-order valence-electron chi connectivity index (χ3n) is 4.61. The lowest BCUT2D eigenvalue weighted by molar-refractivity contribution is -0.140. The Morgan fingerprint density at radius 1 is 0.966 bits per heavy atom. The maximum atomic E-state index is 14.6. The van der Waals surface area contributed by atoms with E-state index < -0.39 is 35.3 Å². The largest absolute Gasteiger partial charge is 0.419 e. The molecule has 0 bridgehead atoms. The van der Waals surface area contributed by atoms with Crippen molar-refractivity contribution in [1.29, 1.82) is 0 Å². The minimum absolute atomic E-state index is 0.0800. The SMILES string of the molecule is CNC(CC=O)c1cc(-c2c(C)cc(C(F)(F)F)cc2C)cc(C(F)(F)F)c1F. The van der Waals surface area contributed by atoms with E-state index in [0.717, 1.165) is 18.2 Å². The standard InChI is InChI=1S/C20H18F7NO/c1-10-6-13(19(22,23)24)7-11(2)17(10)12-8-14(16(28-3)4-5-29)18(21)15(9-12)20(25,26)27/h5-9,16,28H,4H2,1-3H3. The lowest BCUT2D eigenvalue weighted by Crippen LogP contribution is -2.21. The predicted octanol–water partition coefficient (Wildman–Crippen LogP) is 6.00. The maximum absolute atomic E-state index is 14.6. The molecule has 1 atom stereocenters. The number of hydrogen-bond acceptors (Lipinski definition) is 2. The second kappa shape index (κ2) is 8.14. The van der Waals surface area contributed by atoms with Crippen LogP contribution in [0.4, 0.5) is 30.7 Å². The third kappa shape index (κ3) is 4.77. The smallest absolute Gasteiger partial charge is 0.313 e. The van der Waals surface area contributed by atoms with Gasteiger partial charge in [-0.05, 0) is 67.4 Å². The molecule has 0 amide bonds. The predicted molar refractivity (Wildman–Crippen MR) is 93.8 cm³/mol. The zero-order chi connectivity index (χ0) is 22.1. The zero-order valence-corrected chi connectivity index (χ0v) is 15.7. The van der Waals surface area contributed by atoms with Crippen molar-refractivity contribution >= 4 is 6.29 Å². The van der Waals surface area contributed by atoms with Crippen LogP contribution >= 0.6 is 0 Å². The molecular weight excluding hydrogens is 403 g/mol. The van der Waals surface area contributed by atoms with Gasteiger partial charge in [0.05, 0.1) is 11.1 Å². The van der Waals surface area contributed by atoms with Gasteiger partial charge in [0, 0.05) is 18.0 Å². The van der Waals surface area contributed by atoms with Crippen molar-refractivity contribution in [2.24, 2.45) is 0 Å². The van der Waals surface area contributed by atoms with Crippen LogP contribution in [0.5, 0.6) is 0 Å². The molecule has 0 saturated heterocycles. The molecule has 2 nitrogen and oxygen atoms in total. The van der Waals surface area contributed by atoms with Crippen LogP contribution in [0.25, 0.3) is 11.1 Å². The van der Waals surface area contributed by atoms with Crippen LogP contribution in [-0.2, 0) is 17.1 Å². The highest BCUT2D eigenvalue weighted by Crippen LogP contribution is 2.41. The Hall–Kier alpha value is -2.42. The van der Waals surface area contributed by atoms with Gasteiger partial charge in [0.25, 0.3) is 0 Å². The normalized spacial score (nSPS) is 13.4. The summed E-state index contributed by atoms with van der Waals surface area (Å²) in [4.78, 5) is 10.8. The van der Waals surface area contributed by atoms with Crippen LogP contribution in [0.15, 0.2) is 24.3 Å². The summed E-state index contributed by atoms with van der Waals surface area (Å²) in [5.74, 6) is -1.52. The molecule has 0 spiro atoms. The van der Waals surface area contributed by atoms with Crippen molar-refractivity contribution in [1.82, 2.24) is 5.32 Å². The molecule has 1 unspecified atom stereocenters. The first-order chi connectivity index (χ1) is 13.3. The lowest BCUT2D eigenvalue weighted by Gasteiger charge is -2.21. The Morgan fingerprint density at radius 3 is 1.93 bits per heavy atom. The van der Waals surface area contributed by atoms with Crippen molar-refractivity contribution in [3.8, 4) is 11.1 Å². The summed E-state index contributed by atoms with van der Waals surface area (Å²) in [5.41, 5.74) is -2.60. The number of aldehydes is 1. The van der Waals surface area contributed by atoms with E-state index in [4.69, 9.17) is 0 Å². The van der Waals surface area contributed by atoms with Gasteiger partial charge in [0.15, 0.2) is 0 Å². The minimum atomic E-state index is -5.03. The molecule has 0 aliphatic rings. The van der Waals surface area contributed by atoms with Gasteiger partial charge >= 0.3 is 12.4 Å². The van der Waals surface area contributed by atoms with Crippen molar-refractivity contribution in [2.75, 3.05) is 7.05 Å². The third-order valence-corrected chi connectivity index (χ3v) is 4.61. The molecule has 158 valence electrons. The Morgan fingerprint density at radius 2 is 1.52 bits per heavy atom. The number of aryl methyl sites for hydroxylation is 2. The fraction of sp³-hybridized carbons (Fsp3) is 0.350. The van der Waals surface area contributed by atoms with Crippen LogP contribution in [0, 0.1) is 19.7 Å². The molecule has 0 fully saturated rings. The summed E-state index contributed by atoms with van der Waals surface area (Å²) >= 11 is 0. The van der Waals surface area contributed by atoms with Crippen LogP contribution in [0.1, 0.15) is 40.3 Å². The van der Waals surface area contributed by atoms with E-state index in [2.05, 4.69) is 5.32 Å². The number of nitrogens with one attached hydrogen (secondary N) is 1. The molecule has 0 heterocycles. The van der Waals surface area contributed by atoms with Gasteiger partial charge in [0.1, 0.15) is 12.1 Å². The summed E-state index contributed by atoms with van der Waals surface area (Å²) < 4.78 is 93.9. The highest BCUT2D eigenvalue weighted by Gasteiger charge is 2.37. The number of carbonyl (C=O) groups is 1. The van der Waals surface area contributed by atoms with E-state index in [1.165, 1.54) is 20.9 Å². The quantitative estimate of drug-likeness (QED) is 0.474. The molecule has 0 aliphatic heterocycles. The molecule has 29 heavy (non-hydrogen) atoms. The molecule has 2 rings (SSSR count). The minimum Gasteiger partial charge on any atom is -0.313 e. The van der Waals surface area contributed by atoms with Gasteiger partial charge < -0.3 is 10.1 Å². The first kappa shape index (κ1) is 22.9. The highest BCUT2D eigenvalue weighted by molar-refractivity contribution is 5.73. The van der Waals surface area contributed by atoms with Gasteiger partial charge in [-0.25, -0.2) is 4.39 Å². The number of benzene rings is 2. The summed E-state index contributed by atoms with van der Waals surface area (Å²) in [7, 11) is 1.36. The zero-order valence-electron chi connectivity index (χ0n) is 15.7. The second-order valence-corrected chi connectivity index (χ2v) is 6.65. The maximum Gasteiger partial charge on any atom is 0.419 e. The van der Waals surface area contributed by atoms with E-state index >= 15 is 0 Å². The van der Waals surface area contributed by atoms with Crippen LogP contribution in [0.2, 0.25) is 0 Å². The van der Waals surface area contributed by atoms with E-state index in [0.29, 0.717) is 12.4 Å². The molecule has 2 aromatic carbocycles. The van der Waals surface area contributed by atoms with Crippen molar-refractivity contribution in [3.05, 3.63) is 57.9 Å². The van der Waals surface area contributed by atoms with Crippen molar-refractivity contribution in [3.63, 3.8) is 0 Å². The number of carbonyl (C=O) groups excluding carboxylic acids is 1. The van der Waals surface area contributed by atoms with E-state index in [1.54, 1.807) is 0 Å². The van der Waals surface area contributed by atoms with Gasteiger partial charge in [-0.2, -0.15) is 26.3 Å². The first-order valence-corrected chi connectivity index (χ1v) is 8.51. The van der Waals surface area contributed by atoms with Gasteiger partial charge in [-0.3, -0.25) is 0 Å². The average Bonchev–Trinajstić information content (AvgIpc) is 2.58. The molecular formula is C20H18F7NO. The molecule has 9 heteroatoms. The van der Waals surface area contributed by atoms with Crippen molar-refractivity contribution in [2.45, 2.75) is 38.7 Å². The fourth-order valence-electron chi connectivity index (χ4n) is 3.33. The summed E-state index contributed by atoms with van der Waals surface area (Å²) in [6.45, 7) is 2.68. The van der Waals surface area contributed by atoms with Crippen molar-refractivity contribution < 1.29 is 35.5 Å². The fourth-order valence-corrected chi connectivity index (χ4v) is 3.33. The topological polar surface area (TPSA) is 29.1 Å². The van der Waals surface area contributed by atoms with E-state index in [1.807, 2.05) is 0 Å². The van der Waals surface area contributed by atoms with Crippen LogP contribution in [-0.4, -0.2) is 13.3 Å². The molecule has 1 N–H and O–H groups in total. The molecule has 2 aromatic rings. The summed E-state index contributed by atoms with van der Waals surface area (Å²) in [6.07, 6.45) is -9.48. The highest BCUT2D eigenvalue weighted by atomic mass is 19.4. The number of hydrogen-bond donors (Lipinski definition) is 1. The van der Waals surface area contributed by atoms with Gasteiger partial charge in [-0.15, -0.1) is 0 Å². The van der Waals surface area contributed by atoms with Gasteiger partial charge in [-0.1, -0.05) is 0 Å². The van der Waals surface area contributed by atoms with Crippen LogP contribution in [0.3, 0.4) is 0 Å². The Kier molecular flexibility index (Phi) is 6.42. The number of halogens is 7. The molecule has 0 saturated carbocycles. The second-order valence-electron chi connectivity index (χ2n) is 6.65. The molecule has 0 radical (unpaired) electrons. The number of alkyl halides is 6. The Balaban J connectivity index is 2.81. The monoisotopic (exact) mass is 421 g/mol. The van der Waals surface area contributed by atoms with E-state index in [9.17, 15) is 35.5 Å². The lowest BCUT2D eigenvalue weighted by atomic mass is 9.89. The first-order valence-electron chi connectivity index (χ1n) is 8.51. The number of rotatable bonds is 5. The molecule has 0 aliphatic carbocycles. The average molecular weight is 421 g/mol. The Bertz CT molecular complexity index is 893. The van der Waals surface area contributed by atoms with Gasteiger partial charge in [0.2, 0.25) is 0 Å². The van der Waals surface area contributed by atoms with E-state index in [-0.39, 0.29) is 34.2 Å². The summed E-state index contributed by atoms with van der Waals surface area (Å²) in [5, 5.41) is 2.59. The van der Waals surface area contributed by atoms with Crippen LogP contribution < -0.4 is 5.32 Å².